The molecule has 0 N–H and O–H groups in total. The van der Waals surface area contributed by atoms with Crippen molar-refractivity contribution < 1.29 is 28.6 Å². The number of allylic oxidation sites excluding steroid dienone is 26. The molecule has 0 amide bonds. The topological polar surface area (TPSA) is 78.9 Å². The van der Waals surface area contributed by atoms with Crippen LogP contribution in [-0.4, -0.2) is 37.2 Å². The number of hydrogen-bond donors (Lipinski definition) is 0. The lowest BCUT2D eigenvalue weighted by Crippen LogP contribution is -2.30. The predicted molar refractivity (Wildman–Crippen MR) is 348 cm³/mol. The Hall–Kier alpha value is -4.97. The van der Waals surface area contributed by atoms with Crippen molar-refractivity contribution in [2.24, 2.45) is 0 Å². The molecular formula is C74H118O6. The summed E-state index contributed by atoms with van der Waals surface area (Å²) in [5.74, 6) is -0.949. The summed E-state index contributed by atoms with van der Waals surface area (Å²) in [6.45, 7) is 6.33. The van der Waals surface area contributed by atoms with E-state index in [1.54, 1.807) is 0 Å². The number of carbonyl (C=O) groups is 3. The van der Waals surface area contributed by atoms with E-state index in [2.05, 4.69) is 179 Å². The monoisotopic (exact) mass is 1100 g/mol. The minimum Gasteiger partial charge on any atom is -0.462 e. The van der Waals surface area contributed by atoms with Gasteiger partial charge in [-0.3, -0.25) is 14.4 Å². The van der Waals surface area contributed by atoms with E-state index in [4.69, 9.17) is 14.2 Å². The smallest absolute Gasteiger partial charge is 0.306 e. The van der Waals surface area contributed by atoms with Gasteiger partial charge in [0.25, 0.3) is 0 Å². The summed E-state index contributed by atoms with van der Waals surface area (Å²) in [5, 5.41) is 0. The van der Waals surface area contributed by atoms with Gasteiger partial charge in [-0.15, -0.1) is 0 Å². The third-order valence-electron chi connectivity index (χ3n) is 13.2. The van der Waals surface area contributed by atoms with Gasteiger partial charge in [0, 0.05) is 19.3 Å². The molecule has 1 unspecified atom stereocenters. The van der Waals surface area contributed by atoms with Crippen molar-refractivity contribution in [1.82, 2.24) is 0 Å². The molecule has 0 rings (SSSR count). The molecule has 0 aromatic heterocycles. The van der Waals surface area contributed by atoms with Crippen LogP contribution in [0.1, 0.15) is 271 Å². The molecule has 0 heterocycles. The van der Waals surface area contributed by atoms with Crippen molar-refractivity contribution in [3.63, 3.8) is 0 Å². The molecule has 450 valence electrons. The number of unbranched alkanes of at least 4 members (excludes halogenated alkanes) is 20. The van der Waals surface area contributed by atoms with Crippen LogP contribution in [-0.2, 0) is 28.6 Å². The molecule has 0 saturated heterocycles. The zero-order chi connectivity index (χ0) is 57.8. The maximum absolute atomic E-state index is 12.9. The van der Waals surface area contributed by atoms with E-state index < -0.39 is 6.10 Å². The Balaban J connectivity index is 4.45. The SMILES string of the molecule is CC/C=C\C/C=C\C/C=C\C/C=C\C/C=C\C/C=C\CCCCCCC(=O)OC(COC(=O)CCCCCCC/C=C\C/C=C\CCCC)COC(=O)CCCCCCCCCCC/C=C\C/C=C\C/C=C\C/C=C\C/C=C\CC. The average Bonchev–Trinajstić information content (AvgIpc) is 3.46. The molecular weight excluding hydrogens is 985 g/mol. The van der Waals surface area contributed by atoms with Crippen LogP contribution >= 0.6 is 0 Å². The number of hydrogen-bond acceptors (Lipinski definition) is 6. The van der Waals surface area contributed by atoms with Crippen LogP contribution in [0.25, 0.3) is 0 Å². The Morgan fingerprint density at radius 3 is 0.762 bits per heavy atom. The summed E-state index contributed by atoms with van der Waals surface area (Å²) in [5.41, 5.74) is 0. The van der Waals surface area contributed by atoms with Crippen LogP contribution < -0.4 is 0 Å². The van der Waals surface area contributed by atoms with E-state index in [1.807, 2.05) is 0 Å². The lowest BCUT2D eigenvalue weighted by Gasteiger charge is -2.18. The highest BCUT2D eigenvalue weighted by Gasteiger charge is 2.19. The van der Waals surface area contributed by atoms with Gasteiger partial charge in [-0.05, 0) is 141 Å². The minimum atomic E-state index is -0.810. The van der Waals surface area contributed by atoms with Crippen molar-refractivity contribution in [3.8, 4) is 0 Å². The summed E-state index contributed by atoms with van der Waals surface area (Å²) in [6.07, 6.45) is 96.7. The van der Waals surface area contributed by atoms with Gasteiger partial charge in [0.1, 0.15) is 13.2 Å². The highest BCUT2D eigenvalue weighted by atomic mass is 16.6. The van der Waals surface area contributed by atoms with Crippen molar-refractivity contribution in [2.45, 2.75) is 277 Å². The first-order valence-electron chi connectivity index (χ1n) is 32.5. The third-order valence-corrected chi connectivity index (χ3v) is 13.2. The first kappa shape index (κ1) is 75.0. The number of ether oxygens (including phenoxy) is 3. The molecule has 0 fully saturated rings. The molecule has 6 heteroatoms. The van der Waals surface area contributed by atoms with Crippen molar-refractivity contribution in [3.05, 3.63) is 158 Å². The van der Waals surface area contributed by atoms with Gasteiger partial charge in [-0.25, -0.2) is 0 Å². The fraction of sp³-hybridized carbons (Fsp3) is 0.608. The van der Waals surface area contributed by atoms with E-state index in [9.17, 15) is 14.4 Å². The van der Waals surface area contributed by atoms with Gasteiger partial charge in [0.2, 0.25) is 0 Å². The lowest BCUT2D eigenvalue weighted by molar-refractivity contribution is -0.167. The molecule has 80 heavy (non-hydrogen) atoms. The van der Waals surface area contributed by atoms with Crippen LogP contribution in [0.4, 0.5) is 0 Å². The third kappa shape index (κ3) is 63.9. The van der Waals surface area contributed by atoms with Gasteiger partial charge in [-0.1, -0.05) is 269 Å². The number of rotatable bonds is 57. The first-order valence-corrected chi connectivity index (χ1v) is 32.5. The maximum Gasteiger partial charge on any atom is 0.306 e. The molecule has 0 radical (unpaired) electrons. The van der Waals surface area contributed by atoms with Crippen molar-refractivity contribution >= 4 is 17.9 Å². The second-order valence-electron chi connectivity index (χ2n) is 20.9. The lowest BCUT2D eigenvalue weighted by atomic mass is 10.1. The Labute approximate surface area is 492 Å². The van der Waals surface area contributed by atoms with E-state index in [0.717, 1.165) is 173 Å². The summed E-state index contributed by atoms with van der Waals surface area (Å²) >= 11 is 0. The summed E-state index contributed by atoms with van der Waals surface area (Å²) in [4.78, 5) is 38.4. The first-order chi connectivity index (χ1) is 39.5. The fourth-order valence-corrected chi connectivity index (χ4v) is 8.43. The van der Waals surface area contributed by atoms with Crippen LogP contribution in [0.2, 0.25) is 0 Å². The van der Waals surface area contributed by atoms with Gasteiger partial charge in [0.05, 0.1) is 0 Å². The van der Waals surface area contributed by atoms with Gasteiger partial charge in [0.15, 0.2) is 6.10 Å². The molecule has 0 aliphatic heterocycles. The molecule has 6 nitrogen and oxygen atoms in total. The fourth-order valence-electron chi connectivity index (χ4n) is 8.43. The highest BCUT2D eigenvalue weighted by Crippen LogP contribution is 2.14. The molecule has 0 aromatic rings. The van der Waals surface area contributed by atoms with E-state index in [1.165, 1.54) is 57.8 Å². The van der Waals surface area contributed by atoms with Gasteiger partial charge >= 0.3 is 17.9 Å². The molecule has 0 aromatic carbocycles. The van der Waals surface area contributed by atoms with Crippen molar-refractivity contribution in [2.75, 3.05) is 13.2 Å². The predicted octanol–water partition coefficient (Wildman–Crippen LogP) is 22.5. The van der Waals surface area contributed by atoms with Gasteiger partial charge < -0.3 is 14.2 Å². The van der Waals surface area contributed by atoms with Crippen LogP contribution in [0.5, 0.6) is 0 Å². The Morgan fingerprint density at radius 1 is 0.263 bits per heavy atom. The van der Waals surface area contributed by atoms with E-state index in [0.29, 0.717) is 12.8 Å². The maximum atomic E-state index is 12.9. The van der Waals surface area contributed by atoms with E-state index in [-0.39, 0.29) is 37.5 Å². The molecule has 0 saturated carbocycles. The molecule has 0 bridgehead atoms. The van der Waals surface area contributed by atoms with Crippen molar-refractivity contribution in [1.29, 1.82) is 0 Å². The Kier molecular flexibility index (Phi) is 62.4. The van der Waals surface area contributed by atoms with Gasteiger partial charge in [-0.2, -0.15) is 0 Å². The molecule has 0 aliphatic carbocycles. The standard InChI is InChI=1S/C74H118O6/c1-4-7-10-13-16-19-22-25-28-30-32-34-36-37-39-40-42-44-46-49-52-55-58-61-64-67-73(76)79-70-71(69-78-72(75)66-63-60-57-54-51-48-27-24-21-18-15-12-9-6-3)80-74(77)68-65-62-59-56-53-50-47-45-43-41-38-35-33-31-29-26-23-20-17-14-11-8-5-2/h7-8,10-11,15-20,24-29,32-35,37,39,41,43,47,50,71H,4-6,9,12-14,21-23,30-31,36,38,40,42,44-46,48-49,51-70H2,1-3H3/b10-7-,11-8-,18-15-,19-16-,20-17-,27-24-,28-25-,29-26-,34-32-,35-33-,39-37-,43-41-,50-47-. The number of esters is 3. The average molecular weight is 1100 g/mol. The zero-order valence-corrected chi connectivity index (χ0v) is 51.5. The van der Waals surface area contributed by atoms with Crippen LogP contribution in [0.15, 0.2) is 158 Å². The molecule has 1 atom stereocenters. The minimum absolute atomic E-state index is 0.103. The quantitative estimate of drug-likeness (QED) is 0.0261. The highest BCUT2D eigenvalue weighted by molar-refractivity contribution is 5.71. The van der Waals surface area contributed by atoms with Crippen LogP contribution in [0, 0.1) is 0 Å². The Bertz CT molecular complexity index is 1790. The van der Waals surface area contributed by atoms with Crippen LogP contribution in [0.3, 0.4) is 0 Å². The normalized spacial score (nSPS) is 13.2. The largest absolute Gasteiger partial charge is 0.462 e. The molecule has 0 spiro atoms. The van der Waals surface area contributed by atoms with E-state index >= 15 is 0 Å². The second kappa shape index (κ2) is 66.5. The summed E-state index contributed by atoms with van der Waals surface area (Å²) < 4.78 is 16.9. The summed E-state index contributed by atoms with van der Waals surface area (Å²) in [7, 11) is 0. The Morgan fingerprint density at radius 2 is 0.487 bits per heavy atom. The second-order valence-corrected chi connectivity index (χ2v) is 20.9. The number of carbonyl (C=O) groups excluding carboxylic acids is 3. The molecule has 0 aliphatic rings. The summed E-state index contributed by atoms with van der Waals surface area (Å²) in [6, 6.07) is 0. The zero-order valence-electron chi connectivity index (χ0n) is 51.5.